The van der Waals surface area contributed by atoms with Crippen molar-refractivity contribution in [2.45, 2.75) is 50.6 Å². The predicted molar refractivity (Wildman–Crippen MR) is 73.5 cm³/mol. The van der Waals surface area contributed by atoms with E-state index in [0.717, 1.165) is 38.0 Å². The second-order valence-corrected chi connectivity index (χ2v) is 6.08. The molecule has 1 aliphatic carbocycles. The van der Waals surface area contributed by atoms with Gasteiger partial charge in [-0.2, -0.15) is 11.8 Å². The number of carbonyl (C=O) groups excluding carboxylic acids is 2. The molecule has 5 heteroatoms. The molecule has 1 heterocycles. The van der Waals surface area contributed by atoms with Gasteiger partial charge in [-0.3, -0.25) is 14.5 Å². The van der Waals surface area contributed by atoms with Crippen molar-refractivity contribution in [1.29, 1.82) is 0 Å². The number of imide groups is 1. The van der Waals surface area contributed by atoms with Crippen molar-refractivity contribution >= 4 is 23.6 Å². The standard InChI is InChI=1S/C13H22N2O2S/c1-18-8-7-14-11-9-12(16)15(13(11)17)10-5-3-2-4-6-10/h10-11,14H,2-9H2,1H3. The van der Waals surface area contributed by atoms with Crippen molar-refractivity contribution in [3.8, 4) is 0 Å². The van der Waals surface area contributed by atoms with Crippen LogP contribution in [0.4, 0.5) is 0 Å². The Bertz CT molecular complexity index is 316. The lowest BCUT2D eigenvalue weighted by Crippen LogP contribution is -2.45. The lowest BCUT2D eigenvalue weighted by molar-refractivity contribution is -0.142. The van der Waals surface area contributed by atoms with E-state index >= 15 is 0 Å². The van der Waals surface area contributed by atoms with Crippen molar-refractivity contribution in [2.75, 3.05) is 18.6 Å². The van der Waals surface area contributed by atoms with Crippen LogP contribution < -0.4 is 5.32 Å². The van der Waals surface area contributed by atoms with Crippen molar-refractivity contribution in [3.63, 3.8) is 0 Å². The Morgan fingerprint density at radius 2 is 2.00 bits per heavy atom. The van der Waals surface area contributed by atoms with Crippen LogP contribution in [0.3, 0.4) is 0 Å². The first-order valence-corrected chi connectivity index (χ1v) is 8.21. The van der Waals surface area contributed by atoms with Gasteiger partial charge in [0, 0.05) is 18.3 Å². The normalized spacial score (nSPS) is 26.1. The molecule has 2 aliphatic rings. The summed E-state index contributed by atoms with van der Waals surface area (Å²) < 4.78 is 0. The third kappa shape index (κ3) is 3.06. The fourth-order valence-corrected chi connectivity index (χ4v) is 3.19. The third-order valence-corrected chi connectivity index (χ3v) is 4.43. The number of rotatable bonds is 5. The SMILES string of the molecule is CSCCNC1CC(=O)N(C2CCCCC2)C1=O. The van der Waals surface area contributed by atoms with E-state index in [4.69, 9.17) is 0 Å². The van der Waals surface area contributed by atoms with Gasteiger partial charge in [0.25, 0.3) is 0 Å². The molecule has 1 N–H and O–H groups in total. The molecule has 102 valence electrons. The van der Waals surface area contributed by atoms with E-state index in [1.165, 1.54) is 6.42 Å². The van der Waals surface area contributed by atoms with Gasteiger partial charge >= 0.3 is 0 Å². The monoisotopic (exact) mass is 270 g/mol. The van der Waals surface area contributed by atoms with Gasteiger partial charge in [-0.25, -0.2) is 0 Å². The maximum atomic E-state index is 12.2. The Hall–Kier alpha value is -0.550. The molecule has 1 saturated heterocycles. The molecule has 2 amide bonds. The van der Waals surface area contributed by atoms with Crippen LogP contribution in [0.15, 0.2) is 0 Å². The fourth-order valence-electron chi connectivity index (χ4n) is 2.87. The van der Waals surface area contributed by atoms with Crippen molar-refractivity contribution in [2.24, 2.45) is 0 Å². The highest BCUT2D eigenvalue weighted by atomic mass is 32.2. The van der Waals surface area contributed by atoms with Gasteiger partial charge in [-0.15, -0.1) is 0 Å². The number of nitrogens with one attached hydrogen (secondary N) is 1. The summed E-state index contributed by atoms with van der Waals surface area (Å²) in [5.41, 5.74) is 0. The number of amides is 2. The molecular weight excluding hydrogens is 248 g/mol. The second-order valence-electron chi connectivity index (χ2n) is 5.10. The highest BCUT2D eigenvalue weighted by Gasteiger charge is 2.41. The average Bonchev–Trinajstić information content (AvgIpc) is 2.66. The highest BCUT2D eigenvalue weighted by Crippen LogP contribution is 2.27. The molecule has 0 bridgehead atoms. The van der Waals surface area contributed by atoms with Crippen molar-refractivity contribution in [3.05, 3.63) is 0 Å². The van der Waals surface area contributed by atoms with Crippen LogP contribution in [-0.4, -0.2) is 47.4 Å². The summed E-state index contributed by atoms with van der Waals surface area (Å²) in [6, 6.07) is -0.0994. The first-order chi connectivity index (χ1) is 8.74. The van der Waals surface area contributed by atoms with Crippen LogP contribution in [0.2, 0.25) is 0 Å². The molecule has 0 aromatic heterocycles. The summed E-state index contributed by atoms with van der Waals surface area (Å²) in [7, 11) is 0. The molecule has 1 aliphatic heterocycles. The first-order valence-electron chi connectivity index (χ1n) is 6.82. The van der Waals surface area contributed by atoms with Gasteiger partial charge in [0.1, 0.15) is 0 Å². The zero-order valence-electron chi connectivity index (χ0n) is 11.0. The molecule has 0 aromatic rings. The second kappa shape index (κ2) is 6.57. The third-order valence-electron chi connectivity index (χ3n) is 3.82. The number of nitrogens with zero attached hydrogens (tertiary/aromatic N) is 1. The minimum Gasteiger partial charge on any atom is -0.305 e. The summed E-state index contributed by atoms with van der Waals surface area (Å²) in [5.74, 6) is 1.00. The Kier molecular flexibility index (Phi) is 5.06. The quantitative estimate of drug-likeness (QED) is 0.606. The Balaban J connectivity index is 1.91. The summed E-state index contributed by atoms with van der Waals surface area (Å²) >= 11 is 1.74. The summed E-state index contributed by atoms with van der Waals surface area (Å²) in [5, 5.41) is 3.20. The molecule has 1 atom stereocenters. The molecular formula is C13H22N2O2S. The zero-order chi connectivity index (χ0) is 13.0. The topological polar surface area (TPSA) is 49.4 Å². The van der Waals surface area contributed by atoms with Gasteiger partial charge in [0.15, 0.2) is 0 Å². The van der Waals surface area contributed by atoms with E-state index in [1.807, 2.05) is 6.26 Å². The minimum absolute atomic E-state index is 0.00741. The van der Waals surface area contributed by atoms with Crippen LogP contribution >= 0.6 is 11.8 Å². The molecule has 0 spiro atoms. The maximum absolute atomic E-state index is 12.2. The van der Waals surface area contributed by atoms with Crippen molar-refractivity contribution < 1.29 is 9.59 Å². The average molecular weight is 270 g/mol. The number of hydrogen-bond donors (Lipinski definition) is 1. The van der Waals surface area contributed by atoms with E-state index in [-0.39, 0.29) is 23.9 Å². The Labute approximate surface area is 113 Å². The molecule has 1 unspecified atom stereocenters. The van der Waals surface area contributed by atoms with Gasteiger partial charge in [-0.1, -0.05) is 19.3 Å². The predicted octanol–water partition coefficient (Wildman–Crippen LogP) is 1.40. The van der Waals surface area contributed by atoms with Gasteiger partial charge in [0.05, 0.1) is 12.5 Å². The number of thioether (sulfide) groups is 1. The zero-order valence-corrected chi connectivity index (χ0v) is 11.8. The highest BCUT2D eigenvalue weighted by molar-refractivity contribution is 7.98. The van der Waals surface area contributed by atoms with E-state index in [1.54, 1.807) is 16.7 Å². The van der Waals surface area contributed by atoms with E-state index < -0.39 is 0 Å². The van der Waals surface area contributed by atoms with Crippen LogP contribution in [-0.2, 0) is 9.59 Å². The molecule has 18 heavy (non-hydrogen) atoms. The van der Waals surface area contributed by atoms with Crippen LogP contribution in [0.1, 0.15) is 38.5 Å². The van der Waals surface area contributed by atoms with E-state index in [2.05, 4.69) is 5.32 Å². The number of likely N-dealkylation sites (tertiary alicyclic amines) is 1. The lowest BCUT2D eigenvalue weighted by Gasteiger charge is -2.29. The van der Waals surface area contributed by atoms with E-state index in [0.29, 0.717) is 6.42 Å². The Morgan fingerprint density at radius 1 is 1.28 bits per heavy atom. The van der Waals surface area contributed by atoms with Gasteiger partial charge in [-0.05, 0) is 19.1 Å². The lowest BCUT2D eigenvalue weighted by atomic mass is 9.94. The fraction of sp³-hybridized carbons (Fsp3) is 0.846. The molecule has 1 saturated carbocycles. The molecule has 0 radical (unpaired) electrons. The molecule has 0 aromatic carbocycles. The summed E-state index contributed by atoms with van der Waals surface area (Å²) in [4.78, 5) is 25.8. The Morgan fingerprint density at radius 3 is 2.67 bits per heavy atom. The minimum atomic E-state index is -0.272. The first kappa shape index (κ1) is 13.9. The van der Waals surface area contributed by atoms with Crippen LogP contribution in [0.25, 0.3) is 0 Å². The summed E-state index contributed by atoms with van der Waals surface area (Å²) in [6.07, 6.45) is 7.91. The van der Waals surface area contributed by atoms with E-state index in [9.17, 15) is 9.59 Å². The van der Waals surface area contributed by atoms with Crippen LogP contribution in [0, 0.1) is 0 Å². The molecule has 4 nitrogen and oxygen atoms in total. The largest absolute Gasteiger partial charge is 0.305 e. The number of carbonyl (C=O) groups is 2. The van der Waals surface area contributed by atoms with Crippen molar-refractivity contribution in [1.82, 2.24) is 10.2 Å². The van der Waals surface area contributed by atoms with Gasteiger partial charge in [0.2, 0.25) is 11.8 Å². The molecule has 2 fully saturated rings. The smallest absolute Gasteiger partial charge is 0.247 e. The van der Waals surface area contributed by atoms with Gasteiger partial charge < -0.3 is 5.32 Å². The summed E-state index contributed by atoms with van der Waals surface area (Å²) in [6.45, 7) is 0.795. The van der Waals surface area contributed by atoms with Crippen LogP contribution in [0.5, 0.6) is 0 Å². The number of hydrogen-bond acceptors (Lipinski definition) is 4. The molecule has 2 rings (SSSR count). The maximum Gasteiger partial charge on any atom is 0.247 e.